The van der Waals surface area contributed by atoms with Crippen LogP contribution in [0.5, 0.6) is 11.5 Å². The van der Waals surface area contributed by atoms with Crippen molar-refractivity contribution < 1.29 is 19.1 Å². The first-order valence-corrected chi connectivity index (χ1v) is 12.3. The molecule has 0 unspecified atom stereocenters. The predicted molar refractivity (Wildman–Crippen MR) is 139 cm³/mol. The summed E-state index contributed by atoms with van der Waals surface area (Å²) in [4.78, 5) is 24.6. The molecule has 0 saturated heterocycles. The van der Waals surface area contributed by atoms with Crippen molar-refractivity contribution in [2.24, 2.45) is 0 Å². The van der Waals surface area contributed by atoms with Gasteiger partial charge in [0.05, 0.1) is 21.8 Å². The van der Waals surface area contributed by atoms with Gasteiger partial charge in [-0.2, -0.15) is 0 Å². The summed E-state index contributed by atoms with van der Waals surface area (Å²) in [5, 5.41) is 3.55. The maximum absolute atomic E-state index is 12.4. The maximum Gasteiger partial charge on any atom is 0.311 e. The molecule has 34 heavy (non-hydrogen) atoms. The van der Waals surface area contributed by atoms with Crippen LogP contribution in [0.3, 0.4) is 0 Å². The zero-order valence-corrected chi connectivity index (χ0v) is 21.8. The first kappa shape index (κ1) is 26.1. The third kappa shape index (κ3) is 7.49. The first-order valence-electron chi connectivity index (χ1n) is 10.7. The molecule has 178 valence electrons. The molecular weight excluding hydrogens is 541 g/mol. The number of amides is 1. The van der Waals surface area contributed by atoms with Crippen molar-refractivity contribution in [1.29, 1.82) is 0 Å². The largest absolute Gasteiger partial charge is 0.492 e. The quantitative estimate of drug-likeness (QED) is 0.163. The van der Waals surface area contributed by atoms with Gasteiger partial charge in [-0.25, -0.2) is 0 Å². The third-order valence-corrected chi connectivity index (χ3v) is 6.11. The molecule has 0 aliphatic heterocycles. The number of nitrogens with one attached hydrogen (secondary N) is 1. The minimum absolute atomic E-state index is 0.206. The van der Waals surface area contributed by atoms with Gasteiger partial charge in [-0.1, -0.05) is 43.1 Å². The molecule has 0 aliphatic carbocycles. The van der Waals surface area contributed by atoms with E-state index in [1.54, 1.807) is 42.5 Å². The van der Waals surface area contributed by atoms with Crippen molar-refractivity contribution in [2.75, 3.05) is 11.9 Å². The van der Waals surface area contributed by atoms with E-state index in [1.807, 2.05) is 18.2 Å². The molecule has 0 aromatic heterocycles. The Hall–Kier alpha value is -2.54. The lowest BCUT2D eigenvalue weighted by molar-refractivity contribution is -0.134. The summed E-state index contributed by atoms with van der Waals surface area (Å²) in [6.07, 6.45) is 0.718. The Bertz CT molecular complexity index is 1170. The topological polar surface area (TPSA) is 64.6 Å². The third-order valence-electron chi connectivity index (χ3n) is 4.93. The normalized spacial score (nSPS) is 10.8. The van der Waals surface area contributed by atoms with Crippen LogP contribution in [0.15, 0.2) is 65.1 Å². The highest BCUT2D eigenvalue weighted by atomic mass is 79.9. The van der Waals surface area contributed by atoms with Crippen LogP contribution in [0.2, 0.25) is 10.0 Å². The van der Waals surface area contributed by atoms with Crippen LogP contribution >= 0.6 is 39.1 Å². The molecule has 0 spiro atoms. The van der Waals surface area contributed by atoms with Crippen molar-refractivity contribution >= 4 is 56.7 Å². The number of ether oxygens (including phenoxy) is 2. The predicted octanol–water partition coefficient (Wildman–Crippen LogP) is 7.90. The van der Waals surface area contributed by atoms with E-state index in [0.29, 0.717) is 46.0 Å². The van der Waals surface area contributed by atoms with E-state index in [1.165, 1.54) is 5.56 Å². The first-order chi connectivity index (χ1) is 16.2. The van der Waals surface area contributed by atoms with Gasteiger partial charge >= 0.3 is 5.97 Å². The second-order valence-corrected chi connectivity index (χ2v) is 9.57. The van der Waals surface area contributed by atoms with Crippen LogP contribution in [0, 0.1) is 0 Å². The fourth-order valence-electron chi connectivity index (χ4n) is 3.04. The molecular formula is C26H24BrCl2NO4. The van der Waals surface area contributed by atoms with Gasteiger partial charge in [0.15, 0.2) is 0 Å². The Balaban J connectivity index is 1.44. The average Bonchev–Trinajstić information content (AvgIpc) is 2.80. The van der Waals surface area contributed by atoms with Gasteiger partial charge < -0.3 is 14.8 Å². The lowest BCUT2D eigenvalue weighted by Crippen LogP contribution is -2.13. The zero-order valence-electron chi connectivity index (χ0n) is 18.7. The molecule has 0 bridgehead atoms. The lowest BCUT2D eigenvalue weighted by Gasteiger charge is -2.11. The molecule has 8 heteroatoms. The van der Waals surface area contributed by atoms with Crippen molar-refractivity contribution in [3.05, 3.63) is 86.3 Å². The molecule has 0 atom stereocenters. The van der Waals surface area contributed by atoms with Gasteiger partial charge in [0, 0.05) is 17.0 Å². The van der Waals surface area contributed by atoms with Gasteiger partial charge in [-0.3, -0.25) is 9.59 Å². The number of halogens is 3. The summed E-state index contributed by atoms with van der Waals surface area (Å²) in [6, 6.07) is 17.1. The minimum atomic E-state index is -0.374. The highest BCUT2D eigenvalue weighted by Crippen LogP contribution is 2.29. The molecule has 3 aromatic rings. The average molecular weight is 565 g/mol. The summed E-state index contributed by atoms with van der Waals surface area (Å²) in [5.74, 6) is 0.804. The Kier molecular flexibility index (Phi) is 9.39. The molecule has 5 nitrogen and oxygen atoms in total. The van der Waals surface area contributed by atoms with Crippen LogP contribution in [0.4, 0.5) is 5.69 Å². The summed E-state index contributed by atoms with van der Waals surface area (Å²) >= 11 is 15.6. The van der Waals surface area contributed by atoms with Crippen LogP contribution < -0.4 is 14.8 Å². The second-order valence-electron chi connectivity index (χ2n) is 7.87. The van der Waals surface area contributed by atoms with Gasteiger partial charge in [0.2, 0.25) is 0 Å². The summed E-state index contributed by atoms with van der Waals surface area (Å²) in [5.41, 5.74) is 2.03. The Labute approximate surface area is 217 Å². The highest BCUT2D eigenvalue weighted by Gasteiger charge is 2.11. The number of benzene rings is 3. The minimum Gasteiger partial charge on any atom is -0.492 e. The summed E-state index contributed by atoms with van der Waals surface area (Å²) in [6.45, 7) is 4.65. The van der Waals surface area contributed by atoms with E-state index in [4.69, 9.17) is 32.7 Å². The van der Waals surface area contributed by atoms with Gasteiger partial charge in [-0.05, 0) is 88.4 Å². The van der Waals surface area contributed by atoms with Crippen LogP contribution in [0.25, 0.3) is 0 Å². The molecule has 0 heterocycles. The molecule has 3 aromatic carbocycles. The maximum atomic E-state index is 12.4. The van der Waals surface area contributed by atoms with E-state index in [2.05, 4.69) is 35.1 Å². The number of carbonyl (C=O) groups excluding carboxylic acids is 2. The molecule has 3 rings (SSSR count). The summed E-state index contributed by atoms with van der Waals surface area (Å²) in [7, 11) is 0. The van der Waals surface area contributed by atoms with E-state index in [-0.39, 0.29) is 18.3 Å². The van der Waals surface area contributed by atoms with E-state index < -0.39 is 0 Å². The number of hydrogen-bond donors (Lipinski definition) is 1. The standard InChI is InChI=1S/C26H24BrCl2NO4/c1-16(2)18-7-12-24(21(27)14-18)33-13-3-4-25(31)34-20-9-5-17(6-10-20)26(32)30-23-15-19(28)8-11-22(23)29/h5-12,14-16H,3-4,13H2,1-2H3,(H,30,32). The molecule has 0 radical (unpaired) electrons. The second kappa shape index (κ2) is 12.2. The fraction of sp³-hybridized carbons (Fsp3) is 0.231. The van der Waals surface area contributed by atoms with Gasteiger partial charge in [0.25, 0.3) is 5.91 Å². The fourth-order valence-corrected chi connectivity index (χ4v) is 3.88. The van der Waals surface area contributed by atoms with Crippen molar-refractivity contribution in [2.45, 2.75) is 32.6 Å². The Morgan fingerprint density at radius 1 is 1.00 bits per heavy atom. The Morgan fingerprint density at radius 3 is 2.41 bits per heavy atom. The highest BCUT2D eigenvalue weighted by molar-refractivity contribution is 9.10. The van der Waals surface area contributed by atoms with Crippen molar-refractivity contribution in [1.82, 2.24) is 0 Å². The number of anilines is 1. The monoisotopic (exact) mass is 563 g/mol. The van der Waals surface area contributed by atoms with Gasteiger partial charge in [0.1, 0.15) is 11.5 Å². The van der Waals surface area contributed by atoms with Crippen LogP contribution in [-0.2, 0) is 4.79 Å². The number of esters is 1. The van der Waals surface area contributed by atoms with Crippen LogP contribution in [-0.4, -0.2) is 18.5 Å². The number of carbonyl (C=O) groups is 2. The van der Waals surface area contributed by atoms with Gasteiger partial charge in [-0.15, -0.1) is 0 Å². The molecule has 0 aliphatic rings. The lowest BCUT2D eigenvalue weighted by atomic mass is 10.0. The van der Waals surface area contributed by atoms with E-state index in [9.17, 15) is 9.59 Å². The van der Waals surface area contributed by atoms with Crippen molar-refractivity contribution in [3.8, 4) is 11.5 Å². The smallest absolute Gasteiger partial charge is 0.311 e. The SMILES string of the molecule is CC(C)c1ccc(OCCCC(=O)Oc2ccc(C(=O)Nc3cc(Cl)ccc3Cl)cc2)c(Br)c1. The van der Waals surface area contributed by atoms with E-state index >= 15 is 0 Å². The summed E-state index contributed by atoms with van der Waals surface area (Å²) < 4.78 is 12.0. The number of rotatable bonds is 9. The van der Waals surface area contributed by atoms with E-state index in [0.717, 1.165) is 10.2 Å². The van der Waals surface area contributed by atoms with Crippen molar-refractivity contribution in [3.63, 3.8) is 0 Å². The molecule has 0 saturated carbocycles. The number of hydrogen-bond acceptors (Lipinski definition) is 4. The Morgan fingerprint density at radius 2 is 1.74 bits per heavy atom. The van der Waals surface area contributed by atoms with Crippen LogP contribution in [0.1, 0.15) is 48.5 Å². The zero-order chi connectivity index (χ0) is 24.7. The molecule has 0 fully saturated rings. The molecule has 1 N–H and O–H groups in total. The molecule has 1 amide bonds.